The van der Waals surface area contributed by atoms with E-state index in [2.05, 4.69) is 31.0 Å². The van der Waals surface area contributed by atoms with Crippen LogP contribution in [0.1, 0.15) is 38.3 Å². The molecule has 2 amide bonds. The number of nitrogens with one attached hydrogen (secondary N) is 1. The third-order valence-electron chi connectivity index (χ3n) is 4.65. The van der Waals surface area contributed by atoms with E-state index in [0.29, 0.717) is 26.1 Å². The maximum atomic E-state index is 12.3. The van der Waals surface area contributed by atoms with Crippen molar-refractivity contribution in [3.8, 4) is 0 Å². The van der Waals surface area contributed by atoms with Crippen molar-refractivity contribution in [1.82, 2.24) is 9.80 Å². The summed E-state index contributed by atoms with van der Waals surface area (Å²) in [6, 6.07) is 5.93. The average molecular weight is 345 g/mol. The third kappa shape index (κ3) is 5.85. The lowest BCUT2D eigenvalue weighted by molar-refractivity contribution is -0.134. The highest BCUT2D eigenvalue weighted by Crippen LogP contribution is 2.21. The van der Waals surface area contributed by atoms with Gasteiger partial charge in [-0.2, -0.15) is 0 Å². The van der Waals surface area contributed by atoms with Crippen LogP contribution in [0.3, 0.4) is 0 Å². The van der Waals surface area contributed by atoms with Gasteiger partial charge in [0.25, 0.3) is 0 Å². The second-order valence-corrected chi connectivity index (χ2v) is 8.19. The molecule has 0 bridgehead atoms. The number of nitrogens with zero attached hydrogens (tertiary/aromatic N) is 2. The Kier molecular flexibility index (Phi) is 6.22. The third-order valence-corrected chi connectivity index (χ3v) is 4.65. The summed E-state index contributed by atoms with van der Waals surface area (Å²) in [5.74, 6) is 0.218. The normalized spacial score (nSPS) is 16.0. The average Bonchev–Trinajstić information content (AvgIpc) is 2.51. The van der Waals surface area contributed by atoms with Crippen LogP contribution in [-0.4, -0.2) is 54.3 Å². The molecule has 1 fully saturated rings. The molecule has 138 valence electrons. The van der Waals surface area contributed by atoms with Crippen molar-refractivity contribution in [2.24, 2.45) is 5.41 Å². The van der Waals surface area contributed by atoms with E-state index in [1.807, 2.05) is 36.9 Å². The van der Waals surface area contributed by atoms with Crippen LogP contribution in [0.4, 0.5) is 5.69 Å². The van der Waals surface area contributed by atoms with Gasteiger partial charge in [0.15, 0.2) is 0 Å². The number of hydrogen-bond acceptors (Lipinski definition) is 3. The first-order chi connectivity index (χ1) is 11.7. The van der Waals surface area contributed by atoms with E-state index < -0.39 is 0 Å². The summed E-state index contributed by atoms with van der Waals surface area (Å²) in [5, 5.41) is 3.00. The van der Waals surface area contributed by atoms with Gasteiger partial charge in [-0.25, -0.2) is 0 Å². The van der Waals surface area contributed by atoms with Crippen LogP contribution in [0.15, 0.2) is 18.2 Å². The lowest BCUT2D eigenvalue weighted by Crippen LogP contribution is -2.50. The van der Waals surface area contributed by atoms with Crippen LogP contribution in [0, 0.1) is 19.3 Å². The van der Waals surface area contributed by atoms with Crippen LogP contribution in [0.5, 0.6) is 0 Å². The van der Waals surface area contributed by atoms with Crippen LogP contribution in [0.25, 0.3) is 0 Å². The lowest BCUT2D eigenvalue weighted by Gasteiger charge is -2.35. The van der Waals surface area contributed by atoms with E-state index in [1.165, 1.54) is 5.56 Å². The minimum absolute atomic E-state index is 0.00293. The summed E-state index contributed by atoms with van der Waals surface area (Å²) in [6.07, 6.45) is 0.570. The van der Waals surface area contributed by atoms with Gasteiger partial charge in [0, 0.05) is 38.3 Å². The summed E-state index contributed by atoms with van der Waals surface area (Å²) in [6.45, 7) is 13.6. The Morgan fingerprint density at radius 1 is 1.08 bits per heavy atom. The summed E-state index contributed by atoms with van der Waals surface area (Å²) in [5.41, 5.74) is 3.17. The van der Waals surface area contributed by atoms with Crippen molar-refractivity contribution >= 4 is 17.5 Å². The summed E-state index contributed by atoms with van der Waals surface area (Å²) in [7, 11) is 0. The number of rotatable bonds is 4. The van der Waals surface area contributed by atoms with E-state index in [-0.39, 0.29) is 17.2 Å². The first-order valence-corrected chi connectivity index (χ1v) is 9.02. The zero-order valence-electron chi connectivity index (χ0n) is 16.2. The number of carbonyl (C=O) groups excluding carboxylic acids is 2. The lowest BCUT2D eigenvalue weighted by atomic mass is 9.91. The van der Waals surface area contributed by atoms with Crippen LogP contribution in [0.2, 0.25) is 0 Å². The second-order valence-electron chi connectivity index (χ2n) is 8.19. The molecule has 0 radical (unpaired) electrons. The highest BCUT2D eigenvalue weighted by atomic mass is 16.2. The van der Waals surface area contributed by atoms with E-state index in [9.17, 15) is 9.59 Å². The molecule has 1 aromatic carbocycles. The highest BCUT2D eigenvalue weighted by molar-refractivity contribution is 5.93. The van der Waals surface area contributed by atoms with E-state index >= 15 is 0 Å². The Hall–Kier alpha value is -1.88. The Morgan fingerprint density at radius 3 is 2.32 bits per heavy atom. The number of amides is 2. The van der Waals surface area contributed by atoms with Gasteiger partial charge < -0.3 is 10.2 Å². The van der Waals surface area contributed by atoms with E-state index in [0.717, 1.165) is 24.3 Å². The van der Waals surface area contributed by atoms with Gasteiger partial charge in [-0.15, -0.1) is 0 Å². The standard InChI is InChI=1S/C20H31N3O2/c1-15-7-6-8-17(16(15)2)21-18(24)14-22-9-11-23(12-10-22)19(25)13-20(3,4)5/h6-8H,9-14H2,1-5H3,(H,21,24). The largest absolute Gasteiger partial charge is 0.340 e. The van der Waals surface area contributed by atoms with Gasteiger partial charge in [-0.3, -0.25) is 14.5 Å². The zero-order valence-corrected chi connectivity index (χ0v) is 16.2. The van der Waals surface area contributed by atoms with Crippen molar-refractivity contribution < 1.29 is 9.59 Å². The fourth-order valence-corrected chi connectivity index (χ4v) is 3.00. The molecule has 0 saturated carbocycles. The number of aryl methyl sites for hydroxylation is 1. The molecule has 0 aliphatic carbocycles. The molecule has 5 heteroatoms. The molecular formula is C20H31N3O2. The van der Waals surface area contributed by atoms with Crippen LogP contribution >= 0.6 is 0 Å². The maximum absolute atomic E-state index is 12.3. The molecule has 1 aliphatic rings. The molecule has 0 aromatic heterocycles. The number of anilines is 1. The number of benzene rings is 1. The minimum Gasteiger partial charge on any atom is -0.340 e. The minimum atomic E-state index is 0.00293. The highest BCUT2D eigenvalue weighted by Gasteiger charge is 2.25. The summed E-state index contributed by atoms with van der Waals surface area (Å²) < 4.78 is 0. The molecule has 1 N–H and O–H groups in total. The number of carbonyl (C=O) groups is 2. The Morgan fingerprint density at radius 2 is 1.72 bits per heavy atom. The Balaban J connectivity index is 1.80. The van der Waals surface area contributed by atoms with Gasteiger partial charge in [-0.05, 0) is 36.5 Å². The first kappa shape index (κ1) is 19.4. The zero-order chi connectivity index (χ0) is 18.6. The molecular weight excluding hydrogens is 314 g/mol. The molecule has 2 rings (SSSR count). The second kappa shape index (κ2) is 8.00. The first-order valence-electron chi connectivity index (χ1n) is 9.02. The molecule has 1 saturated heterocycles. The van der Waals surface area contributed by atoms with E-state index in [4.69, 9.17) is 0 Å². The molecule has 5 nitrogen and oxygen atoms in total. The molecule has 0 atom stereocenters. The Labute approximate surface area is 151 Å². The van der Waals surface area contributed by atoms with Gasteiger partial charge in [0.2, 0.25) is 11.8 Å². The fourth-order valence-electron chi connectivity index (χ4n) is 3.00. The Bertz CT molecular complexity index is 626. The van der Waals surface area contributed by atoms with Crippen molar-refractivity contribution in [3.05, 3.63) is 29.3 Å². The summed E-state index contributed by atoms with van der Waals surface area (Å²) in [4.78, 5) is 28.6. The van der Waals surface area contributed by atoms with Gasteiger partial charge in [0.05, 0.1) is 6.54 Å². The van der Waals surface area contributed by atoms with Crippen molar-refractivity contribution in [2.45, 2.75) is 41.0 Å². The maximum Gasteiger partial charge on any atom is 0.238 e. The molecule has 1 heterocycles. The monoisotopic (exact) mass is 345 g/mol. The predicted octanol–water partition coefficient (Wildman–Crippen LogP) is 2.82. The number of piperazine rings is 1. The fraction of sp³-hybridized carbons (Fsp3) is 0.600. The summed E-state index contributed by atoms with van der Waals surface area (Å²) >= 11 is 0. The van der Waals surface area contributed by atoms with Crippen molar-refractivity contribution in [3.63, 3.8) is 0 Å². The molecule has 25 heavy (non-hydrogen) atoms. The quantitative estimate of drug-likeness (QED) is 0.913. The van der Waals surface area contributed by atoms with Crippen molar-refractivity contribution in [2.75, 3.05) is 38.0 Å². The SMILES string of the molecule is Cc1cccc(NC(=O)CN2CCN(C(=O)CC(C)(C)C)CC2)c1C. The van der Waals surface area contributed by atoms with Crippen LogP contribution in [-0.2, 0) is 9.59 Å². The van der Waals surface area contributed by atoms with E-state index in [1.54, 1.807) is 0 Å². The molecule has 1 aromatic rings. The van der Waals surface area contributed by atoms with Gasteiger partial charge in [0.1, 0.15) is 0 Å². The topological polar surface area (TPSA) is 52.7 Å². The smallest absolute Gasteiger partial charge is 0.238 e. The molecule has 1 aliphatic heterocycles. The molecule has 0 unspecified atom stereocenters. The molecule has 0 spiro atoms. The predicted molar refractivity (Wildman–Crippen MR) is 102 cm³/mol. The number of hydrogen-bond donors (Lipinski definition) is 1. The van der Waals surface area contributed by atoms with Gasteiger partial charge in [-0.1, -0.05) is 32.9 Å². The van der Waals surface area contributed by atoms with Crippen molar-refractivity contribution in [1.29, 1.82) is 0 Å². The van der Waals surface area contributed by atoms with Gasteiger partial charge >= 0.3 is 0 Å². The van der Waals surface area contributed by atoms with Crippen LogP contribution < -0.4 is 5.32 Å².